The number of nitrogens with one attached hydrogen (secondary N) is 2. The molecule has 0 fully saturated rings. The summed E-state index contributed by atoms with van der Waals surface area (Å²) in [4.78, 5) is 8.82. The van der Waals surface area contributed by atoms with Crippen LogP contribution in [0.15, 0.2) is 41.7 Å². The van der Waals surface area contributed by atoms with E-state index in [0.29, 0.717) is 11.4 Å². The van der Waals surface area contributed by atoms with E-state index in [1.807, 2.05) is 0 Å². The quantitative estimate of drug-likeness (QED) is 0.254. The molecule has 0 saturated carbocycles. The van der Waals surface area contributed by atoms with Crippen LogP contribution in [0.3, 0.4) is 0 Å². The minimum absolute atomic E-state index is 0.0130. The molecule has 0 aliphatic heterocycles. The third kappa shape index (κ3) is 4.32. The highest BCUT2D eigenvalue weighted by molar-refractivity contribution is 5.96. The summed E-state index contributed by atoms with van der Waals surface area (Å²) in [7, 11) is 0. The van der Waals surface area contributed by atoms with E-state index in [2.05, 4.69) is 15.2 Å². The molecular weight excluding hydrogens is 382 g/mol. The van der Waals surface area contributed by atoms with Gasteiger partial charge in [0.25, 0.3) is 0 Å². The number of benzene rings is 1. The Bertz CT molecular complexity index is 1160. The van der Waals surface area contributed by atoms with Gasteiger partial charge in [0.1, 0.15) is 41.0 Å². The van der Waals surface area contributed by atoms with Crippen molar-refractivity contribution in [2.45, 2.75) is 13.3 Å². The van der Waals surface area contributed by atoms with E-state index in [1.165, 1.54) is 24.4 Å². The molecule has 1 aromatic carbocycles. The Labute approximate surface area is 164 Å². The van der Waals surface area contributed by atoms with Crippen LogP contribution in [0.2, 0.25) is 0 Å². The van der Waals surface area contributed by atoms with E-state index in [9.17, 15) is 8.78 Å². The number of rotatable bonds is 6. The minimum atomic E-state index is -0.822. The Morgan fingerprint density at radius 2 is 2.10 bits per heavy atom. The first-order valence-corrected chi connectivity index (χ1v) is 8.64. The predicted octanol–water partition coefficient (Wildman–Crippen LogP) is 1.99. The second kappa shape index (κ2) is 8.65. The molecule has 3 N–H and O–H groups in total. The minimum Gasteiger partial charge on any atom is -0.393 e. The largest absolute Gasteiger partial charge is 0.393 e. The van der Waals surface area contributed by atoms with Gasteiger partial charge in [0, 0.05) is 29.6 Å². The molecule has 0 atom stereocenters. The average Bonchev–Trinajstić information content (AvgIpc) is 2.71. The maximum Gasteiger partial charge on any atom is 0.148 e. The molecule has 0 amide bonds. The van der Waals surface area contributed by atoms with Crippen molar-refractivity contribution in [1.29, 1.82) is 10.8 Å². The van der Waals surface area contributed by atoms with E-state index < -0.39 is 18.1 Å². The smallest absolute Gasteiger partial charge is 0.148 e. The molecule has 3 aromatic rings. The third-order valence-corrected chi connectivity index (χ3v) is 4.08. The zero-order valence-corrected chi connectivity index (χ0v) is 15.5. The molecule has 2 aromatic heterocycles. The van der Waals surface area contributed by atoms with Crippen molar-refractivity contribution in [3.05, 3.63) is 64.9 Å². The number of aliphatic hydroxyl groups is 1. The van der Waals surface area contributed by atoms with E-state index in [-0.39, 0.29) is 41.0 Å². The number of pyridine rings is 1. The van der Waals surface area contributed by atoms with Crippen LogP contribution >= 0.6 is 0 Å². The maximum absolute atomic E-state index is 14.8. The van der Waals surface area contributed by atoms with E-state index >= 15 is 0 Å². The van der Waals surface area contributed by atoms with Crippen molar-refractivity contribution in [2.24, 2.45) is 5.16 Å². The van der Waals surface area contributed by atoms with Gasteiger partial charge in [-0.3, -0.25) is 15.8 Å². The number of halogens is 2. The standard InChI is InChI=1S/C19H18F2N6O2/c1-11(26-29-8-7-28)15-4-5-17(22)27(25-15)18(23)9-13-14(20)10-16-12(19(13)21)3-2-6-24-16/h2-6,10,22-23,28H,7-9H2,1H3. The predicted molar refractivity (Wildman–Crippen MR) is 102 cm³/mol. The fourth-order valence-corrected chi connectivity index (χ4v) is 2.65. The Morgan fingerprint density at radius 1 is 1.31 bits per heavy atom. The summed E-state index contributed by atoms with van der Waals surface area (Å²) in [5.41, 5.74) is 0.417. The molecule has 2 heterocycles. The molecule has 150 valence electrons. The summed E-state index contributed by atoms with van der Waals surface area (Å²) in [5, 5.41) is 33.0. The first-order chi connectivity index (χ1) is 13.9. The van der Waals surface area contributed by atoms with Crippen LogP contribution in [0.1, 0.15) is 18.2 Å². The fourth-order valence-electron chi connectivity index (χ4n) is 2.65. The molecule has 10 heteroatoms. The summed E-state index contributed by atoms with van der Waals surface area (Å²) in [6.45, 7) is 1.42. The summed E-state index contributed by atoms with van der Waals surface area (Å²) in [6.07, 6.45) is 1.03. The van der Waals surface area contributed by atoms with Crippen molar-refractivity contribution >= 4 is 22.5 Å². The maximum atomic E-state index is 14.8. The van der Waals surface area contributed by atoms with Gasteiger partial charge in [-0.2, -0.15) is 5.10 Å². The van der Waals surface area contributed by atoms with E-state index in [4.69, 9.17) is 20.8 Å². The van der Waals surface area contributed by atoms with Crippen LogP contribution in [0.5, 0.6) is 0 Å². The molecule has 0 bridgehead atoms. The second-order valence-corrected chi connectivity index (χ2v) is 6.09. The SMILES string of the molecule is CC(=NOCCO)c1ccc(=N)n(C(=N)Cc2c(F)cc3ncccc3c2F)n1. The Kier molecular flexibility index (Phi) is 6.03. The molecule has 0 saturated heterocycles. The lowest BCUT2D eigenvalue weighted by atomic mass is 10.1. The highest BCUT2D eigenvalue weighted by Crippen LogP contribution is 2.23. The first-order valence-electron chi connectivity index (χ1n) is 8.64. The normalized spacial score (nSPS) is 11.7. The second-order valence-electron chi connectivity index (χ2n) is 6.09. The van der Waals surface area contributed by atoms with Crippen LogP contribution in [0, 0.1) is 22.5 Å². The molecule has 0 unspecified atom stereocenters. The van der Waals surface area contributed by atoms with Crippen LogP contribution in [-0.4, -0.2) is 44.6 Å². The van der Waals surface area contributed by atoms with Gasteiger partial charge in [0.2, 0.25) is 0 Å². The first kappa shape index (κ1) is 20.2. The van der Waals surface area contributed by atoms with Gasteiger partial charge < -0.3 is 9.94 Å². The van der Waals surface area contributed by atoms with Gasteiger partial charge in [-0.1, -0.05) is 5.16 Å². The van der Waals surface area contributed by atoms with Gasteiger partial charge >= 0.3 is 0 Å². The summed E-state index contributed by atoms with van der Waals surface area (Å²) in [6, 6.07) is 7.04. The number of hydrogen-bond acceptors (Lipinski definition) is 7. The molecule has 0 aliphatic carbocycles. The number of fused-ring (bicyclic) bond motifs is 1. The van der Waals surface area contributed by atoms with Crippen molar-refractivity contribution < 1.29 is 18.7 Å². The monoisotopic (exact) mass is 400 g/mol. The van der Waals surface area contributed by atoms with Crippen molar-refractivity contribution in [3.63, 3.8) is 0 Å². The Morgan fingerprint density at radius 3 is 2.86 bits per heavy atom. The van der Waals surface area contributed by atoms with Crippen LogP contribution in [0.4, 0.5) is 8.78 Å². The van der Waals surface area contributed by atoms with E-state index in [1.54, 1.807) is 13.0 Å². The molecule has 3 rings (SSSR count). The van der Waals surface area contributed by atoms with Crippen molar-refractivity contribution in [2.75, 3.05) is 13.2 Å². The third-order valence-electron chi connectivity index (χ3n) is 4.08. The molecule has 29 heavy (non-hydrogen) atoms. The number of aromatic nitrogens is 3. The zero-order chi connectivity index (χ0) is 21.0. The van der Waals surface area contributed by atoms with Crippen molar-refractivity contribution in [3.8, 4) is 0 Å². The Balaban J connectivity index is 1.94. The lowest BCUT2D eigenvalue weighted by molar-refractivity contribution is 0.0986. The van der Waals surface area contributed by atoms with Gasteiger partial charge in [-0.05, 0) is 31.2 Å². The van der Waals surface area contributed by atoms with Gasteiger partial charge in [-0.25, -0.2) is 13.5 Å². The molecule has 0 spiro atoms. The Hall–Kier alpha value is -3.53. The van der Waals surface area contributed by atoms with Crippen LogP contribution in [-0.2, 0) is 11.3 Å². The lowest BCUT2D eigenvalue weighted by Crippen LogP contribution is -2.31. The van der Waals surface area contributed by atoms with Crippen LogP contribution in [0.25, 0.3) is 10.9 Å². The van der Waals surface area contributed by atoms with Crippen molar-refractivity contribution in [1.82, 2.24) is 14.8 Å². The summed E-state index contributed by atoms with van der Waals surface area (Å²) < 4.78 is 30.2. The van der Waals surface area contributed by atoms with Gasteiger partial charge in [0.15, 0.2) is 0 Å². The van der Waals surface area contributed by atoms with Crippen LogP contribution < -0.4 is 5.49 Å². The summed E-state index contributed by atoms with van der Waals surface area (Å²) >= 11 is 0. The molecule has 0 radical (unpaired) electrons. The highest BCUT2D eigenvalue weighted by atomic mass is 19.1. The number of oxime groups is 1. The summed E-state index contributed by atoms with van der Waals surface area (Å²) in [5.74, 6) is -1.91. The average molecular weight is 400 g/mol. The topological polar surface area (TPSA) is 120 Å². The molecular formula is C19H18F2N6O2. The molecule has 0 aliphatic rings. The number of hydrogen-bond donors (Lipinski definition) is 3. The number of nitrogens with zero attached hydrogens (tertiary/aromatic N) is 4. The van der Waals surface area contributed by atoms with E-state index in [0.717, 1.165) is 10.7 Å². The van der Waals surface area contributed by atoms with Gasteiger partial charge in [-0.15, -0.1) is 0 Å². The zero-order valence-electron chi connectivity index (χ0n) is 15.5. The highest BCUT2D eigenvalue weighted by Gasteiger charge is 2.17. The number of aliphatic hydroxyl groups excluding tert-OH is 1. The lowest BCUT2D eigenvalue weighted by Gasteiger charge is -2.12. The van der Waals surface area contributed by atoms with Gasteiger partial charge in [0.05, 0.1) is 12.1 Å². The molecule has 8 nitrogen and oxygen atoms in total. The fraction of sp³-hybridized carbons (Fsp3) is 0.211.